The highest BCUT2D eigenvalue weighted by molar-refractivity contribution is 6.01. The molecule has 2 aromatic heterocycles. The molecule has 8 heteroatoms. The molecular formula is C21H25ClN4O3. The molecule has 1 aromatic carbocycles. The number of piperidine rings is 1. The molecule has 154 valence electrons. The van der Waals surface area contributed by atoms with Gasteiger partial charge in [-0.05, 0) is 50.3 Å². The number of likely N-dealkylation sites (tertiary alicyclic amines) is 1. The number of furan rings is 1. The SMILES string of the molecule is Cl.O=C(Cn1cnc2c(oc3ccccc32)c1=O)N1CCC(NCC2CC2)CC1. The van der Waals surface area contributed by atoms with Crippen LogP contribution in [0.15, 0.2) is 39.8 Å². The number of benzene rings is 1. The Morgan fingerprint density at radius 3 is 2.69 bits per heavy atom. The Hall–Kier alpha value is -2.38. The molecule has 0 radical (unpaired) electrons. The Kier molecular flexibility index (Phi) is 5.61. The Morgan fingerprint density at radius 1 is 1.17 bits per heavy atom. The second-order valence-corrected chi connectivity index (χ2v) is 7.96. The van der Waals surface area contributed by atoms with Gasteiger partial charge in [-0.3, -0.25) is 14.2 Å². The molecule has 1 N–H and O–H groups in total. The first kappa shape index (κ1) is 19.9. The van der Waals surface area contributed by atoms with Gasteiger partial charge in [-0.25, -0.2) is 4.98 Å². The number of aromatic nitrogens is 2. The van der Waals surface area contributed by atoms with E-state index >= 15 is 0 Å². The summed E-state index contributed by atoms with van der Waals surface area (Å²) in [6, 6.07) is 7.94. The summed E-state index contributed by atoms with van der Waals surface area (Å²) < 4.78 is 7.04. The van der Waals surface area contributed by atoms with Crippen molar-refractivity contribution in [3.63, 3.8) is 0 Å². The van der Waals surface area contributed by atoms with Gasteiger partial charge in [0.25, 0.3) is 5.56 Å². The molecule has 0 bridgehead atoms. The zero-order valence-electron chi connectivity index (χ0n) is 16.2. The van der Waals surface area contributed by atoms with E-state index in [0.29, 0.717) is 17.1 Å². The van der Waals surface area contributed by atoms with Crippen LogP contribution in [0.4, 0.5) is 0 Å². The minimum absolute atomic E-state index is 0. The van der Waals surface area contributed by atoms with Crippen molar-refractivity contribution in [2.24, 2.45) is 5.92 Å². The average molecular weight is 417 g/mol. The lowest BCUT2D eigenvalue weighted by Crippen LogP contribution is -2.46. The quantitative estimate of drug-likeness (QED) is 0.691. The van der Waals surface area contributed by atoms with Crippen molar-refractivity contribution in [2.45, 2.75) is 38.3 Å². The minimum atomic E-state index is -0.310. The molecule has 1 amide bonds. The number of carbonyl (C=O) groups is 1. The molecule has 0 unspecified atom stereocenters. The van der Waals surface area contributed by atoms with Crippen LogP contribution in [-0.4, -0.2) is 46.0 Å². The standard InChI is InChI=1S/C21H24N4O3.ClH/c26-18(24-9-7-15(8-10-24)22-11-14-5-6-14)12-25-13-23-19-16-3-1-2-4-17(16)28-20(19)21(25)27;/h1-4,13-15,22H,5-12H2;1H. The fourth-order valence-corrected chi connectivity index (χ4v) is 3.96. The summed E-state index contributed by atoms with van der Waals surface area (Å²) in [5.41, 5.74) is 1.08. The number of amides is 1. The Labute approximate surface area is 174 Å². The highest BCUT2D eigenvalue weighted by Gasteiger charge is 2.26. The molecule has 2 fully saturated rings. The van der Waals surface area contributed by atoms with Gasteiger partial charge in [0, 0.05) is 24.5 Å². The molecule has 3 aromatic rings. The van der Waals surface area contributed by atoms with Gasteiger partial charge in [0.15, 0.2) is 0 Å². The summed E-state index contributed by atoms with van der Waals surface area (Å²) >= 11 is 0. The monoisotopic (exact) mass is 416 g/mol. The van der Waals surface area contributed by atoms with Crippen molar-refractivity contribution < 1.29 is 9.21 Å². The largest absolute Gasteiger partial charge is 0.448 e. The summed E-state index contributed by atoms with van der Waals surface area (Å²) in [5.74, 6) is 0.826. The molecule has 29 heavy (non-hydrogen) atoms. The molecule has 1 saturated carbocycles. The number of rotatable bonds is 5. The number of halogens is 1. The van der Waals surface area contributed by atoms with E-state index in [1.807, 2.05) is 29.2 Å². The van der Waals surface area contributed by atoms with Crippen LogP contribution in [0.3, 0.4) is 0 Å². The Bertz CT molecular complexity index is 1080. The van der Waals surface area contributed by atoms with E-state index in [9.17, 15) is 9.59 Å². The number of carbonyl (C=O) groups excluding carboxylic acids is 1. The lowest BCUT2D eigenvalue weighted by molar-refractivity contribution is -0.133. The van der Waals surface area contributed by atoms with Crippen molar-refractivity contribution in [1.29, 1.82) is 0 Å². The topological polar surface area (TPSA) is 80.4 Å². The number of nitrogens with zero attached hydrogens (tertiary/aromatic N) is 3. The third-order valence-electron chi connectivity index (χ3n) is 5.90. The van der Waals surface area contributed by atoms with Crippen LogP contribution < -0.4 is 10.9 Å². The molecule has 5 rings (SSSR count). The zero-order chi connectivity index (χ0) is 19.1. The van der Waals surface area contributed by atoms with Gasteiger partial charge in [0.2, 0.25) is 11.5 Å². The Balaban J connectivity index is 0.00000205. The van der Waals surface area contributed by atoms with Crippen LogP contribution in [0.5, 0.6) is 0 Å². The van der Waals surface area contributed by atoms with Crippen LogP contribution in [-0.2, 0) is 11.3 Å². The molecule has 0 atom stereocenters. The molecule has 7 nitrogen and oxygen atoms in total. The smallest absolute Gasteiger partial charge is 0.297 e. The van der Waals surface area contributed by atoms with Crippen molar-refractivity contribution >= 4 is 40.4 Å². The summed E-state index contributed by atoms with van der Waals surface area (Å²) in [4.78, 5) is 31.7. The van der Waals surface area contributed by atoms with Gasteiger partial charge in [0.05, 0.1) is 6.33 Å². The first-order valence-electron chi connectivity index (χ1n) is 10.1. The second-order valence-electron chi connectivity index (χ2n) is 7.96. The van der Waals surface area contributed by atoms with Gasteiger partial charge < -0.3 is 14.6 Å². The maximum Gasteiger partial charge on any atom is 0.297 e. The minimum Gasteiger partial charge on any atom is -0.448 e. The molecule has 1 aliphatic heterocycles. The van der Waals surface area contributed by atoms with E-state index in [1.165, 1.54) is 23.7 Å². The van der Waals surface area contributed by atoms with Crippen LogP contribution in [0.2, 0.25) is 0 Å². The number of nitrogens with one attached hydrogen (secondary N) is 1. The van der Waals surface area contributed by atoms with Crippen molar-refractivity contribution in [3.8, 4) is 0 Å². The van der Waals surface area contributed by atoms with E-state index in [0.717, 1.165) is 43.8 Å². The van der Waals surface area contributed by atoms with Gasteiger partial charge in [-0.2, -0.15) is 0 Å². The molecule has 3 heterocycles. The highest BCUT2D eigenvalue weighted by Crippen LogP contribution is 2.28. The van der Waals surface area contributed by atoms with E-state index in [1.54, 1.807) is 0 Å². The van der Waals surface area contributed by atoms with Gasteiger partial charge >= 0.3 is 0 Å². The predicted molar refractivity (Wildman–Crippen MR) is 113 cm³/mol. The summed E-state index contributed by atoms with van der Waals surface area (Å²) in [5, 5.41) is 4.43. The number of fused-ring (bicyclic) bond motifs is 3. The van der Waals surface area contributed by atoms with Crippen LogP contribution in [0, 0.1) is 5.92 Å². The maximum atomic E-state index is 12.8. The van der Waals surface area contributed by atoms with E-state index in [2.05, 4.69) is 10.3 Å². The second kappa shape index (κ2) is 8.16. The first-order valence-corrected chi connectivity index (χ1v) is 10.1. The summed E-state index contributed by atoms with van der Waals surface area (Å²) in [6.07, 6.45) is 6.09. The van der Waals surface area contributed by atoms with Gasteiger partial charge in [-0.1, -0.05) is 12.1 Å². The normalized spacial score (nSPS) is 17.6. The molecule has 2 aliphatic rings. The third-order valence-corrected chi connectivity index (χ3v) is 5.90. The van der Waals surface area contributed by atoms with Crippen molar-refractivity contribution in [3.05, 3.63) is 40.9 Å². The lowest BCUT2D eigenvalue weighted by Gasteiger charge is -2.32. The van der Waals surface area contributed by atoms with Crippen LogP contribution in [0.1, 0.15) is 25.7 Å². The number of para-hydroxylation sites is 1. The lowest BCUT2D eigenvalue weighted by atomic mass is 10.0. The maximum absolute atomic E-state index is 12.8. The van der Waals surface area contributed by atoms with E-state index < -0.39 is 0 Å². The molecule has 1 saturated heterocycles. The number of hydrogen-bond donors (Lipinski definition) is 1. The Morgan fingerprint density at radius 2 is 1.93 bits per heavy atom. The van der Waals surface area contributed by atoms with E-state index in [4.69, 9.17) is 4.42 Å². The van der Waals surface area contributed by atoms with E-state index in [-0.39, 0.29) is 36.0 Å². The fraction of sp³-hybridized carbons (Fsp3) is 0.476. The van der Waals surface area contributed by atoms with Gasteiger partial charge in [-0.15, -0.1) is 12.4 Å². The van der Waals surface area contributed by atoms with Crippen molar-refractivity contribution in [1.82, 2.24) is 19.8 Å². The van der Waals surface area contributed by atoms with Crippen molar-refractivity contribution in [2.75, 3.05) is 19.6 Å². The molecular weight excluding hydrogens is 392 g/mol. The average Bonchev–Trinajstić information content (AvgIpc) is 3.48. The summed E-state index contributed by atoms with van der Waals surface area (Å²) in [6.45, 7) is 2.57. The highest BCUT2D eigenvalue weighted by atomic mass is 35.5. The molecule has 1 aliphatic carbocycles. The number of hydrogen-bond acceptors (Lipinski definition) is 5. The van der Waals surface area contributed by atoms with Crippen LogP contribution in [0.25, 0.3) is 22.1 Å². The summed E-state index contributed by atoms with van der Waals surface area (Å²) in [7, 11) is 0. The fourth-order valence-electron chi connectivity index (χ4n) is 3.96. The van der Waals surface area contributed by atoms with Crippen LogP contribution >= 0.6 is 12.4 Å². The third kappa shape index (κ3) is 4.02. The first-order chi connectivity index (χ1) is 13.7. The van der Waals surface area contributed by atoms with Gasteiger partial charge in [0.1, 0.15) is 17.6 Å². The molecule has 0 spiro atoms. The zero-order valence-corrected chi connectivity index (χ0v) is 17.0. The predicted octanol–water partition coefficient (Wildman–Crippen LogP) is 2.56.